The van der Waals surface area contributed by atoms with Crippen molar-refractivity contribution < 1.29 is 9.18 Å². The van der Waals surface area contributed by atoms with E-state index in [-0.39, 0.29) is 17.8 Å². The molecule has 0 radical (unpaired) electrons. The number of aromatic amines is 1. The van der Waals surface area contributed by atoms with E-state index in [1.54, 1.807) is 18.2 Å². The van der Waals surface area contributed by atoms with Crippen LogP contribution in [0.25, 0.3) is 11.0 Å². The number of fused-ring (bicyclic) bond motifs is 1. The highest BCUT2D eigenvalue weighted by Crippen LogP contribution is 2.45. The van der Waals surface area contributed by atoms with Gasteiger partial charge in [0, 0.05) is 5.56 Å². The van der Waals surface area contributed by atoms with Crippen molar-refractivity contribution in [1.82, 2.24) is 15.3 Å². The number of hydrogen-bond acceptors (Lipinski definition) is 2. The van der Waals surface area contributed by atoms with Crippen LogP contribution in [0.5, 0.6) is 0 Å². The zero-order valence-corrected chi connectivity index (χ0v) is 14.1. The average Bonchev–Trinajstić information content (AvgIpc) is 3.00. The molecule has 5 heteroatoms. The smallest absolute Gasteiger partial charge is 0.231 e. The number of halogens is 1. The van der Waals surface area contributed by atoms with Gasteiger partial charge in [-0.1, -0.05) is 36.8 Å². The van der Waals surface area contributed by atoms with Crippen LogP contribution in [0.1, 0.15) is 43.6 Å². The predicted octanol–water partition coefficient (Wildman–Crippen LogP) is 4.00. The molecule has 2 aromatic carbocycles. The summed E-state index contributed by atoms with van der Waals surface area (Å²) < 4.78 is 14.3. The predicted molar refractivity (Wildman–Crippen MR) is 94.6 cm³/mol. The van der Waals surface area contributed by atoms with E-state index < -0.39 is 5.41 Å². The first-order valence-electron chi connectivity index (χ1n) is 8.61. The van der Waals surface area contributed by atoms with Gasteiger partial charge >= 0.3 is 0 Å². The van der Waals surface area contributed by atoms with E-state index in [2.05, 4.69) is 15.3 Å². The Bertz CT molecular complexity index is 896. The van der Waals surface area contributed by atoms with E-state index in [0.717, 1.165) is 17.5 Å². The maximum absolute atomic E-state index is 14.3. The Labute approximate surface area is 145 Å². The second-order valence-electron chi connectivity index (χ2n) is 6.75. The number of imidazole rings is 1. The van der Waals surface area contributed by atoms with Gasteiger partial charge in [0.2, 0.25) is 5.91 Å². The minimum Gasteiger partial charge on any atom is -0.346 e. The Morgan fingerprint density at radius 3 is 2.60 bits per heavy atom. The summed E-state index contributed by atoms with van der Waals surface area (Å²) >= 11 is 0. The summed E-state index contributed by atoms with van der Waals surface area (Å²) in [5.74, 6) is 0.267. The fourth-order valence-electron chi connectivity index (χ4n) is 3.58. The molecule has 0 saturated heterocycles. The van der Waals surface area contributed by atoms with Gasteiger partial charge in [-0.3, -0.25) is 4.79 Å². The van der Waals surface area contributed by atoms with Crippen molar-refractivity contribution >= 4 is 16.9 Å². The summed E-state index contributed by atoms with van der Waals surface area (Å²) in [5, 5.41) is 3.03. The number of amides is 1. The fourth-order valence-corrected chi connectivity index (χ4v) is 3.58. The lowest BCUT2D eigenvalue weighted by molar-refractivity contribution is -0.130. The Hall–Kier alpha value is -2.69. The molecule has 0 aliphatic heterocycles. The molecule has 3 aromatic rings. The van der Waals surface area contributed by atoms with Gasteiger partial charge in [0.25, 0.3) is 0 Å². The van der Waals surface area contributed by atoms with Crippen LogP contribution in [0.15, 0.2) is 48.5 Å². The van der Waals surface area contributed by atoms with E-state index in [1.165, 1.54) is 6.07 Å². The molecule has 1 heterocycles. The molecule has 1 unspecified atom stereocenters. The van der Waals surface area contributed by atoms with Crippen LogP contribution in [-0.4, -0.2) is 15.9 Å². The topological polar surface area (TPSA) is 57.8 Å². The first kappa shape index (κ1) is 15.8. The molecular weight excluding hydrogens is 317 g/mol. The molecular formula is C20H20FN3O. The van der Waals surface area contributed by atoms with Crippen LogP contribution in [0, 0.1) is 5.82 Å². The molecule has 1 saturated carbocycles. The van der Waals surface area contributed by atoms with E-state index in [9.17, 15) is 9.18 Å². The van der Waals surface area contributed by atoms with Crippen molar-refractivity contribution in [2.75, 3.05) is 0 Å². The molecule has 1 fully saturated rings. The van der Waals surface area contributed by atoms with Crippen molar-refractivity contribution in [3.05, 3.63) is 65.7 Å². The molecule has 4 rings (SSSR count). The molecule has 1 aliphatic carbocycles. The normalized spacial score (nSPS) is 17.0. The third-order valence-electron chi connectivity index (χ3n) is 5.20. The molecule has 1 aliphatic rings. The largest absolute Gasteiger partial charge is 0.346 e. The Morgan fingerprint density at radius 2 is 1.92 bits per heavy atom. The van der Waals surface area contributed by atoms with Gasteiger partial charge in [-0.15, -0.1) is 0 Å². The van der Waals surface area contributed by atoms with Gasteiger partial charge in [0.1, 0.15) is 11.6 Å². The van der Waals surface area contributed by atoms with Crippen molar-refractivity contribution in [3.8, 4) is 0 Å². The zero-order valence-electron chi connectivity index (χ0n) is 14.1. The molecule has 128 valence electrons. The summed E-state index contributed by atoms with van der Waals surface area (Å²) in [7, 11) is 0. The Morgan fingerprint density at radius 1 is 1.20 bits per heavy atom. The van der Waals surface area contributed by atoms with Gasteiger partial charge in [-0.2, -0.15) is 0 Å². The first-order chi connectivity index (χ1) is 12.1. The van der Waals surface area contributed by atoms with E-state index in [4.69, 9.17) is 0 Å². The summed E-state index contributed by atoms with van der Waals surface area (Å²) in [5.41, 5.74) is 1.54. The minimum atomic E-state index is -0.758. The third kappa shape index (κ3) is 2.60. The first-order valence-corrected chi connectivity index (χ1v) is 8.61. The number of nitrogens with zero attached hydrogens (tertiary/aromatic N) is 1. The van der Waals surface area contributed by atoms with Crippen molar-refractivity contribution in [2.24, 2.45) is 0 Å². The quantitative estimate of drug-likeness (QED) is 0.756. The van der Waals surface area contributed by atoms with Gasteiger partial charge in [-0.25, -0.2) is 9.37 Å². The lowest BCUT2D eigenvalue weighted by atomic mass is 9.63. The second-order valence-corrected chi connectivity index (χ2v) is 6.75. The number of H-pyrrole nitrogens is 1. The number of nitrogens with one attached hydrogen (secondary N) is 2. The maximum Gasteiger partial charge on any atom is 0.231 e. The van der Waals surface area contributed by atoms with Crippen molar-refractivity contribution in [2.45, 2.75) is 37.6 Å². The van der Waals surface area contributed by atoms with Crippen LogP contribution < -0.4 is 5.32 Å². The molecule has 2 N–H and O–H groups in total. The van der Waals surface area contributed by atoms with Crippen molar-refractivity contribution in [3.63, 3.8) is 0 Å². The Kier molecular flexibility index (Phi) is 3.79. The lowest BCUT2D eigenvalue weighted by Crippen LogP contribution is -2.50. The SMILES string of the molecule is CC(NC(=O)C1(c2ccccc2F)CCC1)c1nc2ccccc2[nH]1. The molecule has 25 heavy (non-hydrogen) atoms. The lowest BCUT2D eigenvalue weighted by Gasteiger charge is -2.41. The number of carbonyl (C=O) groups excluding carboxylic acids is 1. The number of rotatable bonds is 4. The van der Waals surface area contributed by atoms with E-state index >= 15 is 0 Å². The summed E-state index contributed by atoms with van der Waals surface area (Å²) in [4.78, 5) is 20.8. The molecule has 1 aromatic heterocycles. The fraction of sp³-hybridized carbons (Fsp3) is 0.300. The standard InChI is InChI=1S/C20H20FN3O/c1-13(18-23-16-9-4-5-10-17(16)24-18)22-19(25)20(11-6-12-20)14-7-2-3-8-15(14)21/h2-5,7-10,13H,6,11-12H2,1H3,(H,22,25)(H,23,24). The summed E-state index contributed by atoms with van der Waals surface area (Å²) in [6.45, 7) is 1.89. The average molecular weight is 337 g/mol. The van der Waals surface area contributed by atoms with E-state index in [1.807, 2.05) is 31.2 Å². The molecule has 4 nitrogen and oxygen atoms in total. The van der Waals surface area contributed by atoms with Crippen LogP contribution in [0.2, 0.25) is 0 Å². The van der Waals surface area contributed by atoms with Gasteiger partial charge in [0.15, 0.2) is 0 Å². The second kappa shape index (κ2) is 5.99. The van der Waals surface area contributed by atoms with Crippen molar-refractivity contribution in [1.29, 1.82) is 0 Å². The van der Waals surface area contributed by atoms with Crippen LogP contribution in [-0.2, 0) is 10.2 Å². The van der Waals surface area contributed by atoms with Gasteiger partial charge in [0.05, 0.1) is 22.5 Å². The highest BCUT2D eigenvalue weighted by atomic mass is 19.1. The molecule has 1 amide bonds. The summed E-state index contributed by atoms with van der Waals surface area (Å²) in [6.07, 6.45) is 2.28. The van der Waals surface area contributed by atoms with E-state index in [0.29, 0.717) is 24.2 Å². The van der Waals surface area contributed by atoms with Crippen LogP contribution in [0.4, 0.5) is 4.39 Å². The van der Waals surface area contributed by atoms with Crippen LogP contribution >= 0.6 is 0 Å². The Balaban J connectivity index is 1.59. The number of benzene rings is 2. The van der Waals surface area contributed by atoms with Gasteiger partial charge < -0.3 is 10.3 Å². The zero-order chi connectivity index (χ0) is 17.4. The monoisotopic (exact) mass is 337 g/mol. The molecule has 0 spiro atoms. The third-order valence-corrected chi connectivity index (χ3v) is 5.20. The molecule has 0 bridgehead atoms. The van der Waals surface area contributed by atoms with Gasteiger partial charge in [-0.05, 0) is 38.0 Å². The minimum absolute atomic E-state index is 0.128. The highest BCUT2D eigenvalue weighted by molar-refractivity contribution is 5.89. The highest BCUT2D eigenvalue weighted by Gasteiger charge is 2.47. The molecule has 1 atom stereocenters. The number of aromatic nitrogens is 2. The number of para-hydroxylation sites is 2. The number of carbonyl (C=O) groups is 1. The van der Waals surface area contributed by atoms with Crippen LogP contribution in [0.3, 0.4) is 0 Å². The summed E-state index contributed by atoms with van der Waals surface area (Å²) in [6, 6.07) is 14.1. The number of hydrogen-bond donors (Lipinski definition) is 2. The maximum atomic E-state index is 14.3.